The Labute approximate surface area is 158 Å². The Balaban J connectivity index is 1.61. The third-order valence-corrected chi connectivity index (χ3v) is 4.64. The highest BCUT2D eigenvalue weighted by Crippen LogP contribution is 2.21. The number of benzene rings is 2. The van der Waals surface area contributed by atoms with Gasteiger partial charge in [0.05, 0.1) is 6.21 Å². The minimum Gasteiger partial charge on any atom is -0.507 e. The summed E-state index contributed by atoms with van der Waals surface area (Å²) < 4.78 is 0.869. The molecule has 0 saturated carbocycles. The van der Waals surface area contributed by atoms with Gasteiger partial charge in [-0.1, -0.05) is 58.0 Å². The molecule has 3 rings (SSSR count). The van der Waals surface area contributed by atoms with E-state index in [-0.39, 0.29) is 5.75 Å². The van der Waals surface area contributed by atoms with E-state index in [2.05, 4.69) is 48.6 Å². The molecule has 0 unspecified atom stereocenters. The maximum Gasteiger partial charge on any atom is 0.189 e. The predicted molar refractivity (Wildman–Crippen MR) is 105 cm³/mol. The predicted octanol–water partition coefficient (Wildman–Crippen LogP) is 4.68. The van der Waals surface area contributed by atoms with E-state index in [1.807, 2.05) is 18.2 Å². The molecule has 3 aromatic rings. The van der Waals surface area contributed by atoms with E-state index < -0.39 is 0 Å². The van der Waals surface area contributed by atoms with Crippen LogP contribution in [0.1, 0.15) is 11.1 Å². The normalized spacial score (nSPS) is 10.9. The molecule has 7 heteroatoms. The van der Waals surface area contributed by atoms with Crippen LogP contribution in [-0.2, 0) is 5.75 Å². The van der Waals surface area contributed by atoms with Crippen LogP contribution in [0, 0.1) is 0 Å². The highest BCUT2D eigenvalue weighted by molar-refractivity contribution is 9.10. The van der Waals surface area contributed by atoms with Crippen molar-refractivity contribution in [1.82, 2.24) is 9.97 Å². The zero-order chi connectivity index (χ0) is 17.5. The van der Waals surface area contributed by atoms with Crippen LogP contribution in [0.15, 0.2) is 75.5 Å². The van der Waals surface area contributed by atoms with Gasteiger partial charge in [0.25, 0.3) is 0 Å². The minimum absolute atomic E-state index is 0.163. The van der Waals surface area contributed by atoms with Crippen molar-refractivity contribution in [3.63, 3.8) is 0 Å². The van der Waals surface area contributed by atoms with Crippen LogP contribution in [0.25, 0.3) is 0 Å². The number of phenolic OH excluding ortho intramolecular Hbond substituents is 1. The van der Waals surface area contributed by atoms with E-state index in [1.54, 1.807) is 48.4 Å². The number of halogens is 1. The Bertz CT molecular complexity index is 874. The van der Waals surface area contributed by atoms with Gasteiger partial charge in [-0.15, -0.1) is 0 Å². The summed E-state index contributed by atoms with van der Waals surface area (Å²) in [6.07, 6.45) is 3.23. The Kier molecular flexibility index (Phi) is 6.03. The lowest BCUT2D eigenvalue weighted by atomic mass is 10.2. The molecular weight excluding hydrogens is 400 g/mol. The van der Waals surface area contributed by atoms with Crippen LogP contribution >= 0.6 is 27.7 Å². The summed E-state index contributed by atoms with van der Waals surface area (Å²) in [5.41, 5.74) is 4.68. The third kappa shape index (κ3) is 5.30. The first-order chi connectivity index (χ1) is 12.2. The summed E-state index contributed by atoms with van der Waals surface area (Å²) in [5, 5.41) is 14.6. The fourth-order valence-electron chi connectivity index (χ4n) is 1.99. The number of nitrogens with zero attached hydrogens (tertiary/aromatic N) is 3. The quantitative estimate of drug-likeness (QED) is 0.265. The molecule has 0 bridgehead atoms. The summed E-state index contributed by atoms with van der Waals surface area (Å²) >= 11 is 4.92. The van der Waals surface area contributed by atoms with Gasteiger partial charge in [0.2, 0.25) is 0 Å². The minimum atomic E-state index is 0.163. The maximum absolute atomic E-state index is 9.79. The van der Waals surface area contributed by atoms with Crippen LogP contribution in [0.3, 0.4) is 0 Å². The molecule has 0 saturated heterocycles. The summed E-state index contributed by atoms with van der Waals surface area (Å²) in [4.78, 5) is 8.67. The number of hydrazone groups is 1. The van der Waals surface area contributed by atoms with Crippen LogP contribution in [0.4, 0.5) is 5.82 Å². The van der Waals surface area contributed by atoms with Gasteiger partial charge >= 0.3 is 0 Å². The first-order valence-corrected chi connectivity index (χ1v) is 9.26. The summed E-state index contributed by atoms with van der Waals surface area (Å²) in [5.74, 6) is 1.56. The summed E-state index contributed by atoms with van der Waals surface area (Å²) in [7, 11) is 0. The van der Waals surface area contributed by atoms with Gasteiger partial charge in [0.1, 0.15) is 5.75 Å². The average molecular weight is 415 g/mol. The Morgan fingerprint density at radius 3 is 2.84 bits per heavy atom. The second-order valence-corrected chi connectivity index (χ2v) is 6.93. The molecule has 0 atom stereocenters. The van der Waals surface area contributed by atoms with E-state index in [9.17, 15) is 5.11 Å². The Morgan fingerprint density at radius 1 is 1.16 bits per heavy atom. The second kappa shape index (κ2) is 8.64. The van der Waals surface area contributed by atoms with Gasteiger partial charge in [0.15, 0.2) is 11.0 Å². The molecule has 5 nitrogen and oxygen atoms in total. The van der Waals surface area contributed by atoms with E-state index in [0.29, 0.717) is 16.5 Å². The van der Waals surface area contributed by atoms with Crippen molar-refractivity contribution in [3.05, 3.63) is 76.4 Å². The molecule has 2 aromatic carbocycles. The van der Waals surface area contributed by atoms with Gasteiger partial charge < -0.3 is 5.11 Å². The molecule has 1 aromatic heterocycles. The lowest BCUT2D eigenvalue weighted by Gasteiger charge is -2.03. The van der Waals surface area contributed by atoms with Gasteiger partial charge in [0, 0.05) is 28.1 Å². The van der Waals surface area contributed by atoms with Crippen LogP contribution in [-0.4, -0.2) is 21.3 Å². The Morgan fingerprint density at radius 2 is 2.00 bits per heavy atom. The van der Waals surface area contributed by atoms with Crippen molar-refractivity contribution in [2.75, 3.05) is 5.43 Å². The number of phenols is 1. The lowest BCUT2D eigenvalue weighted by molar-refractivity contribution is 0.474. The number of nitrogens with one attached hydrogen (secondary N) is 1. The molecular formula is C18H15BrN4OS. The molecule has 25 heavy (non-hydrogen) atoms. The van der Waals surface area contributed by atoms with Crippen LogP contribution in [0.5, 0.6) is 5.75 Å². The number of rotatable bonds is 6. The molecule has 126 valence electrons. The zero-order valence-electron chi connectivity index (χ0n) is 13.1. The van der Waals surface area contributed by atoms with Crippen molar-refractivity contribution in [1.29, 1.82) is 0 Å². The molecule has 0 aliphatic carbocycles. The highest BCUT2D eigenvalue weighted by atomic mass is 79.9. The monoisotopic (exact) mass is 414 g/mol. The van der Waals surface area contributed by atoms with Gasteiger partial charge in [-0.05, 0) is 23.8 Å². The standard InChI is InChI=1S/C18H15BrN4OS/c19-15-6-7-16(24)14(10-15)11-21-23-17-8-9-20-18(22-17)25-12-13-4-2-1-3-5-13/h1-11,24H,12H2,(H,20,22,23)/b21-11-. The Hall–Kier alpha value is -2.38. The van der Waals surface area contributed by atoms with Crippen molar-refractivity contribution >= 4 is 39.7 Å². The van der Waals surface area contributed by atoms with E-state index >= 15 is 0 Å². The van der Waals surface area contributed by atoms with Crippen molar-refractivity contribution in [2.45, 2.75) is 10.9 Å². The van der Waals surface area contributed by atoms with E-state index in [0.717, 1.165) is 10.2 Å². The molecule has 0 aliphatic rings. The van der Waals surface area contributed by atoms with Gasteiger partial charge in [-0.25, -0.2) is 9.97 Å². The van der Waals surface area contributed by atoms with Crippen molar-refractivity contribution < 1.29 is 5.11 Å². The number of hydrogen-bond acceptors (Lipinski definition) is 6. The number of hydrogen-bond donors (Lipinski definition) is 2. The molecule has 0 spiro atoms. The fraction of sp³-hybridized carbons (Fsp3) is 0.0556. The lowest BCUT2D eigenvalue weighted by Crippen LogP contribution is -1.96. The zero-order valence-corrected chi connectivity index (χ0v) is 15.5. The van der Waals surface area contributed by atoms with E-state index in [1.165, 1.54) is 5.56 Å². The molecule has 1 heterocycles. The molecule has 0 aliphatic heterocycles. The smallest absolute Gasteiger partial charge is 0.189 e. The SMILES string of the molecule is Oc1ccc(Br)cc1/C=N\Nc1ccnc(SCc2ccccc2)n1. The molecule has 2 N–H and O–H groups in total. The largest absolute Gasteiger partial charge is 0.507 e. The third-order valence-electron chi connectivity index (χ3n) is 3.22. The summed E-state index contributed by atoms with van der Waals surface area (Å²) in [6.45, 7) is 0. The van der Waals surface area contributed by atoms with Gasteiger partial charge in [-0.2, -0.15) is 5.10 Å². The highest BCUT2D eigenvalue weighted by Gasteiger charge is 2.02. The van der Waals surface area contributed by atoms with Crippen molar-refractivity contribution in [3.8, 4) is 5.75 Å². The molecule has 0 amide bonds. The van der Waals surface area contributed by atoms with Gasteiger partial charge in [-0.3, -0.25) is 5.43 Å². The number of anilines is 1. The second-order valence-electron chi connectivity index (χ2n) is 5.07. The first-order valence-electron chi connectivity index (χ1n) is 7.48. The number of thioether (sulfide) groups is 1. The summed E-state index contributed by atoms with van der Waals surface area (Å²) in [6, 6.07) is 17.1. The van der Waals surface area contributed by atoms with Crippen LogP contribution < -0.4 is 5.43 Å². The topological polar surface area (TPSA) is 70.4 Å². The molecule has 0 fully saturated rings. The number of aromatic hydroxyl groups is 1. The van der Waals surface area contributed by atoms with Crippen molar-refractivity contribution in [2.24, 2.45) is 5.10 Å². The molecule has 0 radical (unpaired) electrons. The maximum atomic E-state index is 9.79. The average Bonchev–Trinajstić information content (AvgIpc) is 2.64. The van der Waals surface area contributed by atoms with Crippen LogP contribution in [0.2, 0.25) is 0 Å². The fourth-order valence-corrected chi connectivity index (χ4v) is 3.16. The van der Waals surface area contributed by atoms with E-state index in [4.69, 9.17) is 0 Å². The number of aromatic nitrogens is 2. The first kappa shape index (κ1) is 17.4.